The quantitative estimate of drug-likeness (QED) is 0.616. The van der Waals surface area contributed by atoms with E-state index >= 15 is 0 Å². The Kier molecular flexibility index (Phi) is 8.20. The molecule has 0 aromatic heterocycles. The van der Waals surface area contributed by atoms with Gasteiger partial charge in [-0.2, -0.15) is 0 Å². The van der Waals surface area contributed by atoms with Crippen LogP contribution in [0.2, 0.25) is 0 Å². The Hall–Kier alpha value is -2.46. The van der Waals surface area contributed by atoms with Crippen molar-refractivity contribution in [2.24, 2.45) is 0 Å². The van der Waals surface area contributed by atoms with Crippen molar-refractivity contribution in [3.63, 3.8) is 0 Å². The highest BCUT2D eigenvalue weighted by Gasteiger charge is 2.24. The molecule has 2 saturated heterocycles. The summed E-state index contributed by atoms with van der Waals surface area (Å²) >= 11 is 0. The Labute approximate surface area is 201 Å². The van der Waals surface area contributed by atoms with Gasteiger partial charge in [-0.15, -0.1) is 0 Å². The van der Waals surface area contributed by atoms with E-state index < -0.39 is 10.0 Å². The van der Waals surface area contributed by atoms with Gasteiger partial charge in [-0.25, -0.2) is 13.1 Å². The van der Waals surface area contributed by atoms with E-state index in [-0.39, 0.29) is 22.9 Å². The number of piperidine rings is 1. The molecule has 2 aliphatic heterocycles. The highest BCUT2D eigenvalue weighted by molar-refractivity contribution is 7.89. The number of hydrogen-bond acceptors (Lipinski definition) is 6. The summed E-state index contributed by atoms with van der Waals surface area (Å²) in [5, 5.41) is 0. The molecule has 1 amide bonds. The molecule has 2 aromatic rings. The number of amides is 1. The van der Waals surface area contributed by atoms with E-state index in [9.17, 15) is 13.2 Å². The van der Waals surface area contributed by atoms with E-state index in [1.54, 1.807) is 11.0 Å². The van der Waals surface area contributed by atoms with Gasteiger partial charge in [0.25, 0.3) is 5.91 Å². The molecule has 2 heterocycles. The molecule has 34 heavy (non-hydrogen) atoms. The Bertz CT molecular complexity index is 1090. The highest BCUT2D eigenvalue weighted by Crippen LogP contribution is 2.25. The summed E-state index contributed by atoms with van der Waals surface area (Å²) in [4.78, 5) is 17.2. The molecule has 2 aromatic carbocycles. The first-order valence-electron chi connectivity index (χ1n) is 11.8. The number of nitrogens with one attached hydrogen (secondary N) is 1. The molecule has 0 unspecified atom stereocenters. The van der Waals surface area contributed by atoms with Crippen LogP contribution < -0.4 is 9.46 Å². The molecule has 8 nitrogen and oxygen atoms in total. The molecule has 0 spiro atoms. The highest BCUT2D eigenvalue weighted by atomic mass is 32.2. The summed E-state index contributed by atoms with van der Waals surface area (Å²) in [6, 6.07) is 12.4. The third kappa shape index (κ3) is 6.15. The van der Waals surface area contributed by atoms with Gasteiger partial charge in [0.2, 0.25) is 10.0 Å². The van der Waals surface area contributed by atoms with Crippen molar-refractivity contribution >= 4 is 15.9 Å². The zero-order valence-corrected chi connectivity index (χ0v) is 20.5. The molecular weight excluding hydrogens is 454 g/mol. The number of carbonyl (C=O) groups is 1. The number of benzene rings is 2. The van der Waals surface area contributed by atoms with Crippen LogP contribution in [-0.2, 0) is 27.8 Å². The Morgan fingerprint density at radius 1 is 1.00 bits per heavy atom. The lowest BCUT2D eigenvalue weighted by Gasteiger charge is -2.27. The second-order valence-electron chi connectivity index (χ2n) is 8.75. The van der Waals surface area contributed by atoms with Crippen molar-refractivity contribution in [1.29, 1.82) is 0 Å². The fourth-order valence-corrected chi connectivity index (χ4v) is 5.45. The fraction of sp³-hybridized carbons (Fsp3) is 0.480. The molecule has 2 aliphatic rings. The summed E-state index contributed by atoms with van der Waals surface area (Å²) in [7, 11) is -2.33. The molecule has 9 heteroatoms. The second-order valence-corrected chi connectivity index (χ2v) is 10.5. The zero-order chi connectivity index (χ0) is 24.0. The van der Waals surface area contributed by atoms with Crippen LogP contribution in [0.1, 0.15) is 40.7 Å². The molecule has 4 rings (SSSR count). The topological polar surface area (TPSA) is 88.2 Å². The normalized spacial score (nSPS) is 17.5. The summed E-state index contributed by atoms with van der Waals surface area (Å²) in [5.74, 6) is 0.190. The van der Waals surface area contributed by atoms with Crippen molar-refractivity contribution in [3.05, 3.63) is 59.2 Å². The molecule has 184 valence electrons. The van der Waals surface area contributed by atoms with Gasteiger partial charge in [-0.05, 0) is 48.6 Å². The van der Waals surface area contributed by atoms with Crippen LogP contribution in [0.5, 0.6) is 5.75 Å². The molecule has 0 bridgehead atoms. The van der Waals surface area contributed by atoms with Gasteiger partial charge < -0.3 is 14.4 Å². The van der Waals surface area contributed by atoms with Crippen LogP contribution in [0.15, 0.2) is 47.4 Å². The summed E-state index contributed by atoms with van der Waals surface area (Å²) in [6.45, 7) is 5.61. The average Bonchev–Trinajstić information content (AvgIpc) is 2.88. The lowest BCUT2D eigenvalue weighted by Crippen LogP contribution is -2.36. The van der Waals surface area contributed by atoms with Crippen molar-refractivity contribution in [2.75, 3.05) is 46.5 Å². The fourth-order valence-electron chi connectivity index (χ4n) is 4.41. The Morgan fingerprint density at radius 3 is 2.47 bits per heavy atom. The second kappa shape index (κ2) is 11.3. The predicted octanol–water partition coefficient (Wildman–Crippen LogP) is 2.63. The number of carbonyl (C=O) groups excluding carboxylic acids is 1. The monoisotopic (exact) mass is 487 g/mol. The number of rotatable bonds is 8. The van der Waals surface area contributed by atoms with Gasteiger partial charge >= 0.3 is 0 Å². The van der Waals surface area contributed by atoms with E-state index in [1.165, 1.54) is 19.2 Å². The van der Waals surface area contributed by atoms with Gasteiger partial charge in [0.15, 0.2) is 0 Å². The number of likely N-dealkylation sites (tertiary alicyclic amines) is 1. The van der Waals surface area contributed by atoms with Crippen molar-refractivity contribution in [1.82, 2.24) is 14.5 Å². The van der Waals surface area contributed by atoms with E-state index in [2.05, 4.69) is 15.7 Å². The van der Waals surface area contributed by atoms with Crippen LogP contribution in [-0.4, -0.2) is 70.6 Å². The number of ether oxygens (including phenoxy) is 2. The summed E-state index contributed by atoms with van der Waals surface area (Å²) < 4.78 is 39.6. The van der Waals surface area contributed by atoms with Gasteiger partial charge in [-0.1, -0.05) is 24.3 Å². The van der Waals surface area contributed by atoms with Gasteiger partial charge in [0.1, 0.15) is 5.75 Å². The van der Waals surface area contributed by atoms with Crippen molar-refractivity contribution in [2.45, 2.75) is 37.2 Å². The Morgan fingerprint density at radius 2 is 1.74 bits per heavy atom. The van der Waals surface area contributed by atoms with Gasteiger partial charge in [-0.3, -0.25) is 9.69 Å². The first-order chi connectivity index (χ1) is 16.5. The van der Waals surface area contributed by atoms with Crippen LogP contribution in [0.3, 0.4) is 0 Å². The predicted molar refractivity (Wildman–Crippen MR) is 129 cm³/mol. The maximum absolute atomic E-state index is 13.1. The molecule has 0 atom stereocenters. The van der Waals surface area contributed by atoms with Crippen molar-refractivity contribution < 1.29 is 22.7 Å². The van der Waals surface area contributed by atoms with Crippen LogP contribution in [0.4, 0.5) is 0 Å². The maximum Gasteiger partial charge on any atom is 0.257 e. The van der Waals surface area contributed by atoms with E-state index in [0.29, 0.717) is 18.8 Å². The van der Waals surface area contributed by atoms with E-state index in [0.717, 1.165) is 63.2 Å². The van der Waals surface area contributed by atoms with Crippen molar-refractivity contribution in [3.8, 4) is 5.75 Å². The third-order valence-electron chi connectivity index (χ3n) is 6.32. The van der Waals surface area contributed by atoms with Crippen LogP contribution >= 0.6 is 0 Å². The number of hydrogen-bond donors (Lipinski definition) is 1. The molecule has 0 aliphatic carbocycles. The van der Waals surface area contributed by atoms with Gasteiger partial charge in [0, 0.05) is 39.3 Å². The smallest absolute Gasteiger partial charge is 0.257 e. The molecule has 2 fully saturated rings. The van der Waals surface area contributed by atoms with Crippen LogP contribution in [0, 0.1) is 0 Å². The maximum atomic E-state index is 13.1. The lowest BCUT2D eigenvalue weighted by atomic mass is 10.1. The molecule has 1 N–H and O–H groups in total. The van der Waals surface area contributed by atoms with E-state index in [1.807, 2.05) is 18.2 Å². The number of methoxy groups -OCH3 is 1. The number of sulfonamides is 1. The first kappa shape index (κ1) is 24.7. The number of morpholine rings is 1. The minimum atomic E-state index is -3.81. The standard InChI is InChI=1S/C25H33N3O5S/c1-32-24-9-8-22(17-23(24)25(29)28-10-3-2-4-11-28)34(30,31)26-18-20-6-5-7-21(16-20)19-27-12-14-33-15-13-27/h5-9,16-17,26H,2-4,10-15,18-19H2,1H3. The SMILES string of the molecule is COc1ccc(S(=O)(=O)NCc2cccc(CN3CCOCC3)c2)cc1C(=O)N1CCCCC1. The third-order valence-corrected chi connectivity index (χ3v) is 7.72. The first-order valence-corrected chi connectivity index (χ1v) is 13.3. The zero-order valence-electron chi connectivity index (χ0n) is 19.7. The summed E-state index contributed by atoms with van der Waals surface area (Å²) in [6.07, 6.45) is 3.02. The lowest BCUT2D eigenvalue weighted by molar-refractivity contribution is 0.0342. The molecule has 0 saturated carbocycles. The minimum absolute atomic E-state index is 0.0538. The minimum Gasteiger partial charge on any atom is -0.496 e. The van der Waals surface area contributed by atoms with E-state index in [4.69, 9.17) is 9.47 Å². The van der Waals surface area contributed by atoms with Gasteiger partial charge in [0.05, 0.1) is 30.8 Å². The average molecular weight is 488 g/mol. The largest absolute Gasteiger partial charge is 0.496 e. The van der Waals surface area contributed by atoms with Crippen LogP contribution in [0.25, 0.3) is 0 Å². The summed E-state index contributed by atoms with van der Waals surface area (Å²) in [5.41, 5.74) is 2.30. The number of nitrogens with zero attached hydrogens (tertiary/aromatic N) is 2. The molecule has 0 radical (unpaired) electrons. The molecular formula is C25H33N3O5S. The Balaban J connectivity index is 1.46.